The fourth-order valence-electron chi connectivity index (χ4n) is 1.50. The van der Waals surface area contributed by atoms with Gasteiger partial charge < -0.3 is 25.4 Å². The Morgan fingerprint density at radius 2 is 1.81 bits per heavy atom. The van der Waals surface area contributed by atoms with Gasteiger partial charge in [0.2, 0.25) is 0 Å². The molecule has 0 heterocycles. The molecule has 7 nitrogen and oxygen atoms in total. The fraction of sp³-hybridized carbons (Fsp3) is 0.429. The van der Waals surface area contributed by atoms with Crippen LogP contribution in [0.2, 0.25) is 0 Å². The number of benzene rings is 1. The third-order valence-electron chi connectivity index (χ3n) is 2.96. The second-order valence-corrected chi connectivity index (χ2v) is 4.64. The smallest absolute Gasteiger partial charge is 0.261 e. The van der Waals surface area contributed by atoms with Crippen LogP contribution in [0.25, 0.3) is 0 Å². The molecule has 1 amide bonds. The molecule has 0 bridgehead atoms. The summed E-state index contributed by atoms with van der Waals surface area (Å²) in [6.07, 6.45) is -0.901. The van der Waals surface area contributed by atoms with Gasteiger partial charge in [-0.25, -0.2) is 0 Å². The number of carbonyl (C=O) groups excluding carboxylic acids is 1. The predicted octanol–water partition coefficient (Wildman–Crippen LogP) is -0.843. The van der Waals surface area contributed by atoms with Gasteiger partial charge in [0.25, 0.3) is 5.91 Å². The van der Waals surface area contributed by atoms with E-state index >= 15 is 0 Å². The fourth-order valence-corrected chi connectivity index (χ4v) is 1.50. The molecule has 0 fully saturated rings. The number of aliphatic hydroxyl groups excluding tert-OH is 3. The van der Waals surface area contributed by atoms with E-state index in [0.29, 0.717) is 11.3 Å². The Labute approximate surface area is 122 Å². The summed E-state index contributed by atoms with van der Waals surface area (Å²) in [4.78, 5) is 11.9. The molecular weight excluding hydrogens is 276 g/mol. The van der Waals surface area contributed by atoms with E-state index < -0.39 is 37.4 Å². The number of nitrogens with one attached hydrogen (secondary N) is 1. The standard InChI is InChI=1S/C14H18N2O5/c1-10(13(20)16-14(7-17,8-18)9-19)21-12-4-2-11(6-15)3-5-12/h2-5,10,17-19H,7-9H2,1H3,(H,16,20). The molecule has 0 aliphatic rings. The lowest BCUT2D eigenvalue weighted by Crippen LogP contribution is -2.59. The highest BCUT2D eigenvalue weighted by Crippen LogP contribution is 2.14. The molecule has 114 valence electrons. The largest absolute Gasteiger partial charge is 0.481 e. The van der Waals surface area contributed by atoms with Crippen molar-refractivity contribution in [2.75, 3.05) is 19.8 Å². The molecule has 0 aromatic heterocycles. The molecule has 1 aromatic rings. The highest BCUT2D eigenvalue weighted by molar-refractivity contribution is 5.81. The maximum atomic E-state index is 11.9. The molecule has 1 atom stereocenters. The summed E-state index contributed by atoms with van der Waals surface area (Å²) in [5.41, 5.74) is -1.02. The average Bonchev–Trinajstić information content (AvgIpc) is 2.53. The van der Waals surface area contributed by atoms with Gasteiger partial charge in [-0.1, -0.05) is 0 Å². The third-order valence-corrected chi connectivity index (χ3v) is 2.96. The summed E-state index contributed by atoms with van der Waals surface area (Å²) in [6.45, 7) is -0.315. The Balaban J connectivity index is 2.67. The van der Waals surface area contributed by atoms with Crippen molar-refractivity contribution in [1.82, 2.24) is 5.32 Å². The van der Waals surface area contributed by atoms with Crippen molar-refractivity contribution in [2.45, 2.75) is 18.6 Å². The summed E-state index contributed by atoms with van der Waals surface area (Å²) in [5, 5.41) is 38.5. The number of ether oxygens (including phenoxy) is 1. The molecule has 21 heavy (non-hydrogen) atoms. The van der Waals surface area contributed by atoms with E-state index in [1.807, 2.05) is 6.07 Å². The first-order valence-electron chi connectivity index (χ1n) is 6.31. The van der Waals surface area contributed by atoms with E-state index in [0.717, 1.165) is 0 Å². The van der Waals surface area contributed by atoms with E-state index in [1.54, 1.807) is 24.3 Å². The highest BCUT2D eigenvalue weighted by atomic mass is 16.5. The van der Waals surface area contributed by atoms with Crippen LogP contribution in [0.3, 0.4) is 0 Å². The molecule has 1 aromatic carbocycles. The van der Waals surface area contributed by atoms with Crippen molar-refractivity contribution in [1.29, 1.82) is 5.26 Å². The van der Waals surface area contributed by atoms with Gasteiger partial charge in [0.1, 0.15) is 11.3 Å². The maximum absolute atomic E-state index is 11.9. The maximum Gasteiger partial charge on any atom is 0.261 e. The van der Waals surface area contributed by atoms with Crippen LogP contribution in [0, 0.1) is 11.3 Å². The van der Waals surface area contributed by atoms with Crippen LogP contribution in [-0.4, -0.2) is 52.7 Å². The molecule has 4 N–H and O–H groups in total. The highest BCUT2D eigenvalue weighted by Gasteiger charge is 2.32. The number of aliphatic hydroxyl groups is 3. The molecule has 7 heteroatoms. The number of hydrogen-bond donors (Lipinski definition) is 4. The second-order valence-electron chi connectivity index (χ2n) is 4.64. The van der Waals surface area contributed by atoms with Gasteiger partial charge in [0.05, 0.1) is 31.5 Å². The number of carbonyl (C=O) groups is 1. The quantitative estimate of drug-likeness (QED) is 0.520. The van der Waals surface area contributed by atoms with E-state index in [-0.39, 0.29) is 0 Å². The van der Waals surface area contributed by atoms with Gasteiger partial charge in [0.15, 0.2) is 6.10 Å². The zero-order chi connectivity index (χ0) is 15.9. The lowest BCUT2D eigenvalue weighted by atomic mass is 10.0. The van der Waals surface area contributed by atoms with Crippen LogP contribution in [0.4, 0.5) is 0 Å². The Bertz CT molecular complexity index is 497. The van der Waals surface area contributed by atoms with E-state index in [4.69, 9.17) is 25.3 Å². The number of amides is 1. The monoisotopic (exact) mass is 294 g/mol. The lowest BCUT2D eigenvalue weighted by molar-refractivity contribution is -0.131. The second kappa shape index (κ2) is 7.59. The molecule has 0 aliphatic heterocycles. The van der Waals surface area contributed by atoms with E-state index in [2.05, 4.69) is 5.32 Å². The normalized spacial score (nSPS) is 12.3. The number of nitrogens with zero attached hydrogens (tertiary/aromatic N) is 1. The Hall–Kier alpha value is -2.14. The first kappa shape index (κ1) is 16.9. The minimum atomic E-state index is -1.49. The lowest BCUT2D eigenvalue weighted by Gasteiger charge is -2.30. The van der Waals surface area contributed by atoms with Gasteiger partial charge in [-0.05, 0) is 31.2 Å². The summed E-state index contributed by atoms with van der Waals surface area (Å²) < 4.78 is 5.39. The Kier molecular flexibility index (Phi) is 6.11. The van der Waals surface area contributed by atoms with Gasteiger partial charge in [0, 0.05) is 0 Å². The minimum Gasteiger partial charge on any atom is -0.481 e. The Morgan fingerprint density at radius 3 is 2.24 bits per heavy atom. The zero-order valence-electron chi connectivity index (χ0n) is 11.6. The van der Waals surface area contributed by atoms with Crippen molar-refractivity contribution < 1.29 is 24.9 Å². The average molecular weight is 294 g/mol. The summed E-state index contributed by atoms with van der Waals surface area (Å²) in [7, 11) is 0. The van der Waals surface area contributed by atoms with Gasteiger partial charge in [-0.3, -0.25) is 4.79 Å². The molecule has 0 saturated carbocycles. The minimum absolute atomic E-state index is 0.402. The topological polar surface area (TPSA) is 123 Å². The summed E-state index contributed by atoms with van der Waals surface area (Å²) in [6, 6.07) is 8.19. The van der Waals surface area contributed by atoms with Crippen LogP contribution in [-0.2, 0) is 4.79 Å². The van der Waals surface area contributed by atoms with Crippen LogP contribution >= 0.6 is 0 Å². The van der Waals surface area contributed by atoms with Crippen molar-refractivity contribution in [3.63, 3.8) is 0 Å². The van der Waals surface area contributed by atoms with Crippen molar-refractivity contribution in [3.8, 4) is 11.8 Å². The summed E-state index contributed by atoms with van der Waals surface area (Å²) >= 11 is 0. The van der Waals surface area contributed by atoms with Crippen molar-refractivity contribution >= 4 is 5.91 Å². The number of hydrogen-bond acceptors (Lipinski definition) is 6. The number of rotatable bonds is 7. The molecule has 0 aliphatic carbocycles. The third kappa shape index (κ3) is 4.43. The first-order chi connectivity index (χ1) is 10.00. The Morgan fingerprint density at radius 1 is 1.29 bits per heavy atom. The van der Waals surface area contributed by atoms with Crippen LogP contribution in [0.5, 0.6) is 5.75 Å². The molecule has 1 rings (SSSR count). The first-order valence-corrected chi connectivity index (χ1v) is 6.31. The van der Waals surface area contributed by atoms with Crippen LogP contribution in [0.15, 0.2) is 24.3 Å². The van der Waals surface area contributed by atoms with Gasteiger partial charge in [-0.15, -0.1) is 0 Å². The molecule has 0 spiro atoms. The molecule has 0 radical (unpaired) electrons. The summed E-state index contributed by atoms with van der Waals surface area (Å²) in [5.74, 6) is -0.184. The zero-order valence-corrected chi connectivity index (χ0v) is 11.6. The van der Waals surface area contributed by atoms with E-state index in [9.17, 15) is 4.79 Å². The van der Waals surface area contributed by atoms with Gasteiger partial charge >= 0.3 is 0 Å². The van der Waals surface area contributed by atoms with E-state index in [1.165, 1.54) is 6.92 Å². The van der Waals surface area contributed by atoms with Crippen LogP contribution in [0.1, 0.15) is 12.5 Å². The predicted molar refractivity (Wildman–Crippen MR) is 73.4 cm³/mol. The van der Waals surface area contributed by atoms with Crippen molar-refractivity contribution in [3.05, 3.63) is 29.8 Å². The molecule has 0 saturated heterocycles. The van der Waals surface area contributed by atoms with Crippen molar-refractivity contribution in [2.24, 2.45) is 0 Å². The SMILES string of the molecule is CC(Oc1ccc(C#N)cc1)C(=O)NC(CO)(CO)CO. The van der Waals surface area contributed by atoms with Crippen LogP contribution < -0.4 is 10.1 Å². The number of nitriles is 1. The molecule has 1 unspecified atom stereocenters. The van der Waals surface area contributed by atoms with Gasteiger partial charge in [-0.2, -0.15) is 5.26 Å². The molecular formula is C14H18N2O5.